The SMILES string of the molecule is CN(CCc1ccccc1)S(=O)(=O)c1ccsc1CN. The summed E-state index contributed by atoms with van der Waals surface area (Å²) in [5, 5.41) is 1.76. The Bertz CT molecular complexity index is 651. The van der Waals surface area contributed by atoms with Gasteiger partial charge < -0.3 is 5.73 Å². The van der Waals surface area contributed by atoms with E-state index in [2.05, 4.69) is 0 Å². The zero-order chi connectivity index (χ0) is 14.6. The van der Waals surface area contributed by atoms with Crippen molar-refractivity contribution < 1.29 is 8.42 Å². The molecular formula is C14H18N2O2S2. The molecule has 1 aromatic heterocycles. The summed E-state index contributed by atoms with van der Waals surface area (Å²) in [5.74, 6) is 0. The van der Waals surface area contributed by atoms with Crippen molar-refractivity contribution in [3.8, 4) is 0 Å². The third kappa shape index (κ3) is 3.27. The molecule has 0 amide bonds. The van der Waals surface area contributed by atoms with Crippen molar-refractivity contribution in [2.75, 3.05) is 13.6 Å². The van der Waals surface area contributed by atoms with Crippen LogP contribution < -0.4 is 5.73 Å². The summed E-state index contributed by atoms with van der Waals surface area (Å²) < 4.78 is 26.3. The summed E-state index contributed by atoms with van der Waals surface area (Å²) in [6.07, 6.45) is 0.693. The summed E-state index contributed by atoms with van der Waals surface area (Å²) in [6.45, 7) is 0.699. The summed E-state index contributed by atoms with van der Waals surface area (Å²) in [4.78, 5) is 1.04. The molecule has 2 aromatic rings. The summed E-state index contributed by atoms with van der Waals surface area (Å²) >= 11 is 1.38. The number of nitrogens with zero attached hydrogens (tertiary/aromatic N) is 1. The second-order valence-corrected chi connectivity index (χ2v) is 7.49. The lowest BCUT2D eigenvalue weighted by Crippen LogP contribution is -2.29. The van der Waals surface area contributed by atoms with Crippen LogP contribution in [0.5, 0.6) is 0 Å². The first-order chi connectivity index (χ1) is 9.55. The Labute approximate surface area is 123 Å². The first kappa shape index (κ1) is 15.2. The van der Waals surface area contributed by atoms with Crippen LogP contribution >= 0.6 is 11.3 Å². The van der Waals surface area contributed by atoms with Gasteiger partial charge in [0.1, 0.15) is 0 Å². The van der Waals surface area contributed by atoms with E-state index < -0.39 is 10.0 Å². The molecule has 2 N–H and O–H groups in total. The minimum absolute atomic E-state index is 0.249. The van der Waals surface area contributed by atoms with Gasteiger partial charge in [-0.15, -0.1) is 11.3 Å². The van der Waals surface area contributed by atoms with Gasteiger partial charge in [-0.05, 0) is 23.4 Å². The van der Waals surface area contributed by atoms with Gasteiger partial charge in [0.05, 0.1) is 4.90 Å². The Balaban J connectivity index is 2.10. The van der Waals surface area contributed by atoms with Crippen molar-refractivity contribution >= 4 is 21.4 Å². The van der Waals surface area contributed by atoms with E-state index in [4.69, 9.17) is 5.73 Å². The third-order valence-electron chi connectivity index (χ3n) is 3.14. The highest BCUT2D eigenvalue weighted by atomic mass is 32.2. The molecule has 20 heavy (non-hydrogen) atoms. The maximum absolute atomic E-state index is 12.5. The highest BCUT2D eigenvalue weighted by Gasteiger charge is 2.24. The van der Waals surface area contributed by atoms with Crippen LogP contribution in [0.2, 0.25) is 0 Å². The molecule has 0 saturated carbocycles. The lowest BCUT2D eigenvalue weighted by Gasteiger charge is -2.17. The average Bonchev–Trinajstić information content (AvgIpc) is 2.95. The molecule has 0 aliphatic carbocycles. The van der Waals surface area contributed by atoms with E-state index in [0.717, 1.165) is 5.56 Å². The molecule has 1 heterocycles. The van der Waals surface area contributed by atoms with Crippen molar-refractivity contribution in [3.63, 3.8) is 0 Å². The largest absolute Gasteiger partial charge is 0.326 e. The lowest BCUT2D eigenvalue weighted by molar-refractivity contribution is 0.472. The number of thiophene rings is 1. The van der Waals surface area contributed by atoms with Gasteiger partial charge in [-0.3, -0.25) is 0 Å². The predicted molar refractivity (Wildman–Crippen MR) is 82.2 cm³/mol. The van der Waals surface area contributed by atoms with Crippen LogP contribution in [0.25, 0.3) is 0 Å². The van der Waals surface area contributed by atoms with E-state index in [1.165, 1.54) is 15.6 Å². The zero-order valence-electron chi connectivity index (χ0n) is 11.3. The van der Waals surface area contributed by atoms with E-state index in [1.807, 2.05) is 30.3 Å². The molecular weight excluding hydrogens is 292 g/mol. The monoisotopic (exact) mass is 310 g/mol. The van der Waals surface area contributed by atoms with E-state index in [9.17, 15) is 8.42 Å². The van der Waals surface area contributed by atoms with Crippen LogP contribution in [0, 0.1) is 0 Å². The van der Waals surface area contributed by atoms with E-state index >= 15 is 0 Å². The number of likely N-dealkylation sites (N-methyl/N-ethyl adjacent to an activating group) is 1. The van der Waals surface area contributed by atoms with Crippen molar-refractivity contribution in [1.82, 2.24) is 4.31 Å². The van der Waals surface area contributed by atoms with Gasteiger partial charge in [0.2, 0.25) is 10.0 Å². The number of rotatable bonds is 6. The van der Waals surface area contributed by atoms with Gasteiger partial charge in [0, 0.05) is 25.0 Å². The van der Waals surface area contributed by atoms with Gasteiger partial charge >= 0.3 is 0 Å². The summed E-state index contributed by atoms with van der Waals surface area (Å²) in [6, 6.07) is 11.5. The molecule has 2 rings (SSSR count). The van der Waals surface area contributed by atoms with Crippen LogP contribution in [-0.4, -0.2) is 26.3 Å². The van der Waals surface area contributed by atoms with Crippen molar-refractivity contribution in [2.24, 2.45) is 5.73 Å². The average molecular weight is 310 g/mol. The minimum Gasteiger partial charge on any atom is -0.326 e. The first-order valence-electron chi connectivity index (χ1n) is 6.32. The second-order valence-electron chi connectivity index (χ2n) is 4.47. The molecule has 0 bridgehead atoms. The first-order valence-corrected chi connectivity index (χ1v) is 8.64. The Kier molecular flexibility index (Phi) is 4.93. The van der Waals surface area contributed by atoms with Gasteiger partial charge in [-0.1, -0.05) is 30.3 Å². The van der Waals surface area contributed by atoms with Gasteiger partial charge in [0.15, 0.2) is 0 Å². The van der Waals surface area contributed by atoms with Crippen LogP contribution in [-0.2, 0) is 23.0 Å². The summed E-state index contributed by atoms with van der Waals surface area (Å²) in [7, 11) is -1.84. The maximum Gasteiger partial charge on any atom is 0.243 e. The fraction of sp³-hybridized carbons (Fsp3) is 0.286. The van der Waals surface area contributed by atoms with Crippen molar-refractivity contribution in [3.05, 3.63) is 52.2 Å². The molecule has 0 fully saturated rings. The van der Waals surface area contributed by atoms with Crippen LogP contribution in [0.15, 0.2) is 46.7 Å². The van der Waals surface area contributed by atoms with E-state index in [0.29, 0.717) is 22.7 Å². The standard InChI is InChI=1S/C14H18N2O2S2/c1-16(9-7-12-5-3-2-4-6-12)20(17,18)14-8-10-19-13(14)11-15/h2-6,8,10H,7,9,11,15H2,1H3. The molecule has 4 nitrogen and oxygen atoms in total. The fourth-order valence-corrected chi connectivity index (χ4v) is 4.40. The molecule has 6 heteroatoms. The molecule has 0 aliphatic rings. The number of hydrogen-bond donors (Lipinski definition) is 1. The van der Waals surface area contributed by atoms with Crippen LogP contribution in [0.3, 0.4) is 0 Å². The molecule has 0 radical (unpaired) electrons. The molecule has 0 aliphatic heterocycles. The lowest BCUT2D eigenvalue weighted by atomic mass is 10.2. The smallest absolute Gasteiger partial charge is 0.243 e. The van der Waals surface area contributed by atoms with Crippen LogP contribution in [0.1, 0.15) is 10.4 Å². The topological polar surface area (TPSA) is 63.4 Å². The molecule has 1 aromatic carbocycles. The van der Waals surface area contributed by atoms with Gasteiger partial charge in [-0.25, -0.2) is 12.7 Å². The van der Waals surface area contributed by atoms with E-state index in [-0.39, 0.29) is 6.54 Å². The Hall–Kier alpha value is -1.21. The molecule has 0 saturated heterocycles. The maximum atomic E-state index is 12.5. The molecule has 108 valence electrons. The Morgan fingerprint density at radius 1 is 1.20 bits per heavy atom. The second kappa shape index (κ2) is 6.49. The molecule has 0 atom stereocenters. The van der Waals surface area contributed by atoms with Gasteiger partial charge in [0.25, 0.3) is 0 Å². The highest BCUT2D eigenvalue weighted by molar-refractivity contribution is 7.89. The normalized spacial score (nSPS) is 11.9. The van der Waals surface area contributed by atoms with E-state index in [1.54, 1.807) is 18.5 Å². The fourth-order valence-electron chi connectivity index (χ4n) is 1.93. The minimum atomic E-state index is -3.44. The third-order valence-corrected chi connectivity index (χ3v) is 6.15. The van der Waals surface area contributed by atoms with Crippen LogP contribution in [0.4, 0.5) is 0 Å². The Morgan fingerprint density at radius 2 is 1.90 bits per heavy atom. The zero-order valence-corrected chi connectivity index (χ0v) is 13.0. The number of hydrogen-bond acceptors (Lipinski definition) is 4. The number of nitrogens with two attached hydrogens (primary N) is 1. The molecule has 0 unspecified atom stereocenters. The predicted octanol–water partition coefficient (Wildman–Crippen LogP) is 2.07. The number of benzene rings is 1. The number of sulfonamides is 1. The van der Waals surface area contributed by atoms with Crippen molar-refractivity contribution in [1.29, 1.82) is 0 Å². The highest BCUT2D eigenvalue weighted by Crippen LogP contribution is 2.24. The van der Waals surface area contributed by atoms with Crippen molar-refractivity contribution in [2.45, 2.75) is 17.9 Å². The summed E-state index contributed by atoms with van der Waals surface area (Å²) in [5.41, 5.74) is 6.71. The Morgan fingerprint density at radius 3 is 2.55 bits per heavy atom. The molecule has 0 spiro atoms. The quantitative estimate of drug-likeness (QED) is 0.888. The van der Waals surface area contributed by atoms with Gasteiger partial charge in [-0.2, -0.15) is 0 Å².